The fourth-order valence-corrected chi connectivity index (χ4v) is 1.88. The number of carboxylic acids is 1. The average Bonchev–Trinajstić information content (AvgIpc) is 2.18. The molecule has 0 radical (unpaired) electrons. The van der Waals surface area contributed by atoms with Gasteiger partial charge < -0.3 is 10.2 Å². The maximum atomic E-state index is 11.1. The van der Waals surface area contributed by atoms with E-state index in [9.17, 15) is 4.79 Å². The Morgan fingerprint density at radius 1 is 1.31 bits per heavy atom. The van der Waals surface area contributed by atoms with Gasteiger partial charge in [-0.25, -0.2) is 0 Å². The molecule has 1 aromatic rings. The van der Waals surface area contributed by atoms with Crippen LogP contribution in [-0.4, -0.2) is 21.7 Å². The summed E-state index contributed by atoms with van der Waals surface area (Å²) < 4.78 is 0. The number of benzene rings is 1. The van der Waals surface area contributed by atoms with Crippen molar-refractivity contribution in [2.75, 3.05) is 0 Å². The van der Waals surface area contributed by atoms with Gasteiger partial charge in [0.25, 0.3) is 0 Å². The van der Waals surface area contributed by atoms with Crippen LogP contribution >= 0.6 is 0 Å². The van der Waals surface area contributed by atoms with Crippen molar-refractivity contribution in [2.24, 2.45) is 0 Å². The van der Waals surface area contributed by atoms with Crippen LogP contribution < -0.4 is 5.32 Å². The number of carbonyl (C=O) groups is 1. The first-order valence-electron chi connectivity index (χ1n) is 5.39. The zero-order valence-electron chi connectivity index (χ0n) is 8.94. The van der Waals surface area contributed by atoms with E-state index in [4.69, 9.17) is 10.2 Å². The van der Waals surface area contributed by atoms with Crippen molar-refractivity contribution in [1.82, 2.24) is 5.32 Å². The molecule has 0 unspecified atom stereocenters. The molecule has 0 heterocycles. The predicted octanol–water partition coefficient (Wildman–Crippen LogP) is 1.49. The fourth-order valence-electron chi connectivity index (χ4n) is 1.88. The molecule has 0 aromatic heterocycles. The van der Waals surface area contributed by atoms with Gasteiger partial charge >= 0.3 is 5.97 Å². The molecule has 3 N–H and O–H groups in total. The molecule has 2 rings (SSSR count). The molecule has 16 heavy (non-hydrogen) atoms. The van der Waals surface area contributed by atoms with Gasteiger partial charge in [-0.1, -0.05) is 12.1 Å². The van der Waals surface area contributed by atoms with Gasteiger partial charge in [0, 0.05) is 6.54 Å². The SMILES string of the molecule is O=C(O)C1(NCc2ccc(O)cc2)CCC1. The van der Waals surface area contributed by atoms with E-state index in [1.54, 1.807) is 24.3 Å². The van der Waals surface area contributed by atoms with Crippen molar-refractivity contribution in [3.63, 3.8) is 0 Å². The minimum atomic E-state index is -0.766. The number of hydrogen-bond acceptors (Lipinski definition) is 3. The molecule has 0 atom stereocenters. The van der Waals surface area contributed by atoms with Crippen molar-refractivity contribution < 1.29 is 15.0 Å². The molecule has 0 saturated heterocycles. The summed E-state index contributed by atoms with van der Waals surface area (Å²) in [5, 5.41) is 21.3. The fraction of sp³-hybridized carbons (Fsp3) is 0.417. The third kappa shape index (κ3) is 2.02. The predicted molar refractivity (Wildman–Crippen MR) is 59.2 cm³/mol. The van der Waals surface area contributed by atoms with E-state index in [1.165, 1.54) is 0 Å². The number of phenolic OH excluding ortho intramolecular Hbond substituents is 1. The first-order valence-corrected chi connectivity index (χ1v) is 5.39. The number of aromatic hydroxyl groups is 1. The molecule has 1 aliphatic rings. The summed E-state index contributed by atoms with van der Waals surface area (Å²) in [5.74, 6) is -0.544. The van der Waals surface area contributed by atoms with Crippen LogP contribution in [0.5, 0.6) is 5.75 Å². The summed E-state index contributed by atoms with van der Waals surface area (Å²) in [4.78, 5) is 11.1. The summed E-state index contributed by atoms with van der Waals surface area (Å²) >= 11 is 0. The summed E-state index contributed by atoms with van der Waals surface area (Å²) in [5.41, 5.74) is 0.253. The Morgan fingerprint density at radius 3 is 2.38 bits per heavy atom. The van der Waals surface area contributed by atoms with E-state index in [1.807, 2.05) is 0 Å². The largest absolute Gasteiger partial charge is 0.508 e. The maximum Gasteiger partial charge on any atom is 0.323 e. The highest BCUT2D eigenvalue weighted by Crippen LogP contribution is 2.32. The monoisotopic (exact) mass is 221 g/mol. The Balaban J connectivity index is 1.96. The van der Waals surface area contributed by atoms with E-state index in [2.05, 4.69) is 5.32 Å². The van der Waals surface area contributed by atoms with Gasteiger partial charge in [0.05, 0.1) is 0 Å². The zero-order valence-corrected chi connectivity index (χ0v) is 8.94. The van der Waals surface area contributed by atoms with Crippen LogP contribution in [0.15, 0.2) is 24.3 Å². The lowest BCUT2D eigenvalue weighted by Gasteiger charge is -2.38. The van der Waals surface area contributed by atoms with Gasteiger partial charge in [-0.05, 0) is 37.0 Å². The van der Waals surface area contributed by atoms with Gasteiger partial charge in [-0.3, -0.25) is 10.1 Å². The van der Waals surface area contributed by atoms with E-state index >= 15 is 0 Å². The van der Waals surface area contributed by atoms with Crippen LogP contribution in [0.4, 0.5) is 0 Å². The Kier molecular flexibility index (Phi) is 2.83. The molecule has 0 bridgehead atoms. The molecule has 4 heteroatoms. The van der Waals surface area contributed by atoms with Crippen molar-refractivity contribution >= 4 is 5.97 Å². The number of carboxylic acid groups (broad SMARTS) is 1. The molecule has 0 amide bonds. The number of phenols is 1. The molecule has 1 fully saturated rings. The third-order valence-corrected chi connectivity index (χ3v) is 3.18. The minimum absolute atomic E-state index is 0.223. The highest BCUT2D eigenvalue weighted by Gasteiger charge is 2.43. The molecule has 1 aromatic carbocycles. The molecule has 4 nitrogen and oxygen atoms in total. The van der Waals surface area contributed by atoms with Crippen LogP contribution in [0.2, 0.25) is 0 Å². The average molecular weight is 221 g/mol. The van der Waals surface area contributed by atoms with Gasteiger partial charge in [0.1, 0.15) is 11.3 Å². The zero-order chi connectivity index (χ0) is 11.6. The summed E-state index contributed by atoms with van der Waals surface area (Å²) in [6.45, 7) is 0.520. The molecule has 1 aliphatic carbocycles. The Labute approximate surface area is 93.9 Å². The number of aliphatic carboxylic acids is 1. The first kappa shape index (κ1) is 11.0. The third-order valence-electron chi connectivity index (χ3n) is 3.18. The first-order chi connectivity index (χ1) is 7.62. The summed E-state index contributed by atoms with van der Waals surface area (Å²) in [7, 11) is 0. The molecular formula is C12H15NO3. The lowest BCUT2D eigenvalue weighted by Crippen LogP contribution is -2.56. The Morgan fingerprint density at radius 2 is 1.94 bits per heavy atom. The Hall–Kier alpha value is -1.55. The minimum Gasteiger partial charge on any atom is -0.508 e. The number of hydrogen-bond donors (Lipinski definition) is 3. The lowest BCUT2D eigenvalue weighted by atomic mass is 9.76. The van der Waals surface area contributed by atoms with Gasteiger partial charge in [-0.2, -0.15) is 0 Å². The second-order valence-electron chi connectivity index (χ2n) is 4.26. The smallest absolute Gasteiger partial charge is 0.323 e. The topological polar surface area (TPSA) is 69.6 Å². The highest BCUT2D eigenvalue weighted by molar-refractivity contribution is 5.79. The van der Waals surface area contributed by atoms with E-state index < -0.39 is 11.5 Å². The summed E-state index contributed by atoms with van der Waals surface area (Å²) in [6.07, 6.45) is 2.36. The van der Waals surface area contributed by atoms with Crippen LogP contribution in [-0.2, 0) is 11.3 Å². The van der Waals surface area contributed by atoms with Crippen LogP contribution in [0, 0.1) is 0 Å². The second-order valence-corrected chi connectivity index (χ2v) is 4.26. The normalized spacial score (nSPS) is 17.8. The van der Waals surface area contributed by atoms with Gasteiger partial charge in [-0.15, -0.1) is 0 Å². The second kappa shape index (κ2) is 4.14. The lowest BCUT2D eigenvalue weighted by molar-refractivity contribution is -0.148. The molecule has 1 saturated carbocycles. The van der Waals surface area contributed by atoms with E-state index in [0.29, 0.717) is 19.4 Å². The van der Waals surface area contributed by atoms with Crippen LogP contribution in [0.25, 0.3) is 0 Å². The summed E-state index contributed by atoms with van der Waals surface area (Å²) in [6, 6.07) is 6.78. The number of nitrogens with one attached hydrogen (secondary N) is 1. The Bertz CT molecular complexity index is 382. The molecule has 86 valence electrons. The molecule has 0 aliphatic heterocycles. The molecule has 0 spiro atoms. The standard InChI is InChI=1S/C12H15NO3/c14-10-4-2-9(3-5-10)8-13-12(11(15)16)6-1-7-12/h2-5,13-14H,1,6-8H2,(H,15,16). The van der Waals surface area contributed by atoms with Crippen molar-refractivity contribution in [1.29, 1.82) is 0 Å². The quantitative estimate of drug-likeness (QED) is 0.720. The highest BCUT2D eigenvalue weighted by atomic mass is 16.4. The van der Waals surface area contributed by atoms with E-state index in [-0.39, 0.29) is 5.75 Å². The molecular weight excluding hydrogens is 206 g/mol. The number of rotatable bonds is 4. The van der Waals surface area contributed by atoms with Crippen molar-refractivity contribution in [2.45, 2.75) is 31.3 Å². The maximum absolute atomic E-state index is 11.1. The van der Waals surface area contributed by atoms with Crippen LogP contribution in [0.3, 0.4) is 0 Å². The van der Waals surface area contributed by atoms with E-state index in [0.717, 1.165) is 12.0 Å². The van der Waals surface area contributed by atoms with Crippen molar-refractivity contribution in [3.05, 3.63) is 29.8 Å². The van der Waals surface area contributed by atoms with Gasteiger partial charge in [0.15, 0.2) is 0 Å². The van der Waals surface area contributed by atoms with Gasteiger partial charge in [0.2, 0.25) is 0 Å². The van der Waals surface area contributed by atoms with Crippen molar-refractivity contribution in [3.8, 4) is 5.75 Å². The van der Waals surface area contributed by atoms with Crippen LogP contribution in [0.1, 0.15) is 24.8 Å².